The highest BCUT2D eigenvalue weighted by Gasteiger charge is 2.22. The highest BCUT2D eigenvalue weighted by molar-refractivity contribution is 5.80. The Labute approximate surface area is 170 Å². The van der Waals surface area contributed by atoms with Gasteiger partial charge in [0.25, 0.3) is 0 Å². The number of hydrogen-bond donors (Lipinski definition) is 3. The van der Waals surface area contributed by atoms with E-state index in [9.17, 15) is 4.79 Å². The number of carbonyl (C=O) groups excluding carboxylic acids is 1. The summed E-state index contributed by atoms with van der Waals surface area (Å²) in [7, 11) is 1.69. The van der Waals surface area contributed by atoms with Crippen LogP contribution < -0.4 is 16.0 Å². The van der Waals surface area contributed by atoms with Crippen LogP contribution in [0.2, 0.25) is 0 Å². The molecule has 1 aromatic rings. The first-order valence-corrected chi connectivity index (χ1v) is 10.4. The first kappa shape index (κ1) is 22.2. The Kier molecular flexibility index (Phi) is 8.77. The number of likely N-dealkylation sites (N-methyl/N-ethyl adjacent to an activating group) is 1. The normalized spacial score (nSPS) is 16.6. The van der Waals surface area contributed by atoms with Crippen molar-refractivity contribution < 1.29 is 4.79 Å². The summed E-state index contributed by atoms with van der Waals surface area (Å²) in [4.78, 5) is 18.6. The van der Waals surface area contributed by atoms with E-state index in [0.29, 0.717) is 12.6 Å². The number of nitrogens with one attached hydrogen (secondary N) is 3. The minimum Gasteiger partial charge on any atom is -0.358 e. The number of piperidine rings is 1. The molecule has 1 amide bonds. The van der Waals surface area contributed by atoms with Crippen LogP contribution in [0.5, 0.6) is 0 Å². The first-order valence-electron chi connectivity index (χ1n) is 10.4. The summed E-state index contributed by atoms with van der Waals surface area (Å²) in [6, 6.07) is 11.0. The van der Waals surface area contributed by atoms with E-state index in [1.807, 2.05) is 0 Å². The lowest BCUT2D eigenvalue weighted by molar-refractivity contribution is -0.122. The minimum atomic E-state index is 0.0851. The monoisotopic (exact) mass is 387 g/mol. The van der Waals surface area contributed by atoms with E-state index in [2.05, 4.69) is 72.0 Å². The van der Waals surface area contributed by atoms with Gasteiger partial charge in [0, 0.05) is 39.3 Å². The van der Waals surface area contributed by atoms with E-state index in [0.717, 1.165) is 51.4 Å². The second-order valence-electron chi connectivity index (χ2n) is 8.39. The number of amides is 1. The Morgan fingerprint density at radius 3 is 2.50 bits per heavy atom. The quantitative estimate of drug-likeness (QED) is 0.472. The molecule has 1 fully saturated rings. The molecule has 0 aliphatic carbocycles. The van der Waals surface area contributed by atoms with Crippen molar-refractivity contribution in [3.8, 4) is 0 Å². The van der Waals surface area contributed by atoms with Gasteiger partial charge in [-0.15, -0.1) is 0 Å². The molecule has 0 saturated carbocycles. The Balaban J connectivity index is 1.86. The molecule has 3 N–H and O–H groups in total. The topological polar surface area (TPSA) is 68.8 Å². The summed E-state index contributed by atoms with van der Waals surface area (Å²) < 4.78 is 0. The molecule has 1 aliphatic rings. The van der Waals surface area contributed by atoms with Crippen molar-refractivity contribution in [3.63, 3.8) is 0 Å². The number of rotatable bonds is 8. The number of benzene rings is 1. The van der Waals surface area contributed by atoms with Crippen molar-refractivity contribution >= 4 is 11.9 Å². The molecule has 28 heavy (non-hydrogen) atoms. The lowest BCUT2D eigenvalue weighted by Gasteiger charge is -2.32. The summed E-state index contributed by atoms with van der Waals surface area (Å²) in [5, 5.41) is 9.67. The number of hydrogen-bond acceptors (Lipinski definition) is 3. The fourth-order valence-corrected chi connectivity index (χ4v) is 3.53. The SMILES string of the molecule is CCNC(=NCC(C)(C)Cc1ccccc1)NC1CCN(CC(=O)NC)CC1. The molecule has 0 unspecified atom stereocenters. The largest absolute Gasteiger partial charge is 0.358 e. The second-order valence-corrected chi connectivity index (χ2v) is 8.39. The fourth-order valence-electron chi connectivity index (χ4n) is 3.53. The lowest BCUT2D eigenvalue weighted by Crippen LogP contribution is -2.50. The zero-order chi connectivity index (χ0) is 20.4. The third kappa shape index (κ3) is 7.89. The zero-order valence-electron chi connectivity index (χ0n) is 17.9. The Bertz CT molecular complexity index is 621. The molecule has 0 radical (unpaired) electrons. The summed E-state index contributed by atoms with van der Waals surface area (Å²) in [6.45, 7) is 10.6. The second kappa shape index (κ2) is 11.1. The van der Waals surface area contributed by atoms with Gasteiger partial charge in [-0.1, -0.05) is 44.2 Å². The van der Waals surface area contributed by atoms with Gasteiger partial charge in [-0.3, -0.25) is 14.7 Å². The molecule has 1 heterocycles. The molecule has 0 bridgehead atoms. The predicted molar refractivity (Wildman–Crippen MR) is 117 cm³/mol. The maximum absolute atomic E-state index is 11.5. The van der Waals surface area contributed by atoms with Gasteiger partial charge >= 0.3 is 0 Å². The first-order chi connectivity index (χ1) is 13.4. The van der Waals surface area contributed by atoms with Crippen molar-refractivity contribution in [2.45, 2.75) is 46.1 Å². The zero-order valence-corrected chi connectivity index (χ0v) is 17.9. The summed E-state index contributed by atoms with van der Waals surface area (Å²) in [5.74, 6) is 0.982. The minimum absolute atomic E-state index is 0.0851. The lowest BCUT2D eigenvalue weighted by atomic mass is 9.86. The maximum atomic E-state index is 11.5. The van der Waals surface area contributed by atoms with Gasteiger partial charge in [0.1, 0.15) is 0 Å². The van der Waals surface area contributed by atoms with Crippen LogP contribution in [0.4, 0.5) is 0 Å². The van der Waals surface area contributed by atoms with Crippen molar-refractivity contribution in [2.75, 3.05) is 39.8 Å². The van der Waals surface area contributed by atoms with E-state index in [-0.39, 0.29) is 11.3 Å². The summed E-state index contributed by atoms with van der Waals surface area (Å²) in [5.41, 5.74) is 1.45. The molecular formula is C22H37N5O. The van der Waals surface area contributed by atoms with Gasteiger partial charge in [-0.05, 0) is 37.2 Å². The van der Waals surface area contributed by atoms with Crippen LogP contribution in [-0.4, -0.2) is 62.6 Å². The molecule has 0 aromatic heterocycles. The van der Waals surface area contributed by atoms with Crippen LogP contribution in [0.15, 0.2) is 35.3 Å². The molecule has 156 valence electrons. The van der Waals surface area contributed by atoms with E-state index in [1.54, 1.807) is 7.05 Å². The third-order valence-corrected chi connectivity index (χ3v) is 5.11. The Morgan fingerprint density at radius 1 is 1.21 bits per heavy atom. The Morgan fingerprint density at radius 2 is 1.89 bits per heavy atom. The highest BCUT2D eigenvalue weighted by Crippen LogP contribution is 2.22. The van der Waals surface area contributed by atoms with Gasteiger partial charge < -0.3 is 16.0 Å². The van der Waals surface area contributed by atoms with Gasteiger partial charge in [-0.2, -0.15) is 0 Å². The van der Waals surface area contributed by atoms with Crippen LogP contribution in [0.25, 0.3) is 0 Å². The van der Waals surface area contributed by atoms with Gasteiger partial charge in [0.15, 0.2) is 5.96 Å². The smallest absolute Gasteiger partial charge is 0.233 e. The molecule has 2 rings (SSSR count). The van der Waals surface area contributed by atoms with Crippen molar-refractivity contribution in [3.05, 3.63) is 35.9 Å². The molecule has 6 nitrogen and oxygen atoms in total. The number of nitrogens with zero attached hydrogens (tertiary/aromatic N) is 2. The molecule has 1 aliphatic heterocycles. The van der Waals surface area contributed by atoms with Gasteiger partial charge in [0.05, 0.1) is 6.54 Å². The van der Waals surface area contributed by atoms with E-state index in [1.165, 1.54) is 5.56 Å². The fraction of sp³-hybridized carbons (Fsp3) is 0.636. The third-order valence-electron chi connectivity index (χ3n) is 5.11. The molecule has 1 aromatic carbocycles. The number of aliphatic imine (C=N–C) groups is 1. The number of likely N-dealkylation sites (tertiary alicyclic amines) is 1. The molecule has 0 atom stereocenters. The summed E-state index contributed by atoms with van der Waals surface area (Å²) >= 11 is 0. The van der Waals surface area contributed by atoms with E-state index in [4.69, 9.17) is 4.99 Å². The molecular weight excluding hydrogens is 350 g/mol. The molecule has 6 heteroatoms. The standard InChI is InChI=1S/C22H37N5O/c1-5-24-21(25-17-22(2,3)15-18-9-7-6-8-10-18)26-19-11-13-27(14-12-19)16-20(28)23-4/h6-10,19H,5,11-17H2,1-4H3,(H,23,28)(H2,24,25,26). The van der Waals surface area contributed by atoms with Crippen LogP contribution >= 0.6 is 0 Å². The van der Waals surface area contributed by atoms with Crippen molar-refractivity contribution in [1.82, 2.24) is 20.9 Å². The van der Waals surface area contributed by atoms with Crippen molar-refractivity contribution in [2.24, 2.45) is 10.4 Å². The van der Waals surface area contributed by atoms with Crippen molar-refractivity contribution in [1.29, 1.82) is 0 Å². The molecule has 1 saturated heterocycles. The number of guanidine groups is 1. The average Bonchev–Trinajstić information content (AvgIpc) is 2.68. The Hall–Kier alpha value is -2.08. The van der Waals surface area contributed by atoms with Crippen LogP contribution in [0.1, 0.15) is 39.2 Å². The van der Waals surface area contributed by atoms with Crippen LogP contribution in [-0.2, 0) is 11.2 Å². The average molecular weight is 388 g/mol. The van der Waals surface area contributed by atoms with Crippen LogP contribution in [0, 0.1) is 5.41 Å². The molecule has 0 spiro atoms. The van der Waals surface area contributed by atoms with Gasteiger partial charge in [0.2, 0.25) is 5.91 Å². The van der Waals surface area contributed by atoms with Gasteiger partial charge in [-0.25, -0.2) is 0 Å². The van der Waals surface area contributed by atoms with E-state index >= 15 is 0 Å². The summed E-state index contributed by atoms with van der Waals surface area (Å²) in [6.07, 6.45) is 3.05. The van der Waals surface area contributed by atoms with E-state index < -0.39 is 0 Å². The number of carbonyl (C=O) groups is 1. The predicted octanol–water partition coefficient (Wildman–Crippen LogP) is 2.02. The maximum Gasteiger partial charge on any atom is 0.233 e. The van der Waals surface area contributed by atoms with Crippen LogP contribution in [0.3, 0.4) is 0 Å². The highest BCUT2D eigenvalue weighted by atomic mass is 16.1.